The molecule has 0 spiro atoms. The zero-order chi connectivity index (χ0) is 18.0. The van der Waals surface area contributed by atoms with Crippen molar-refractivity contribution in [3.05, 3.63) is 35.9 Å². The molecule has 5 rings (SSSR count). The molecule has 3 nitrogen and oxygen atoms in total. The predicted molar refractivity (Wildman–Crippen MR) is 105 cm³/mol. The lowest BCUT2D eigenvalue weighted by Gasteiger charge is -2.53. The lowest BCUT2D eigenvalue weighted by atomic mass is 9.80. The predicted octanol–water partition coefficient (Wildman–Crippen LogP) is 4.10. The summed E-state index contributed by atoms with van der Waals surface area (Å²) in [5.41, 5.74) is 0.227. The van der Waals surface area contributed by atoms with Gasteiger partial charge in [-0.3, -0.25) is 0 Å². The number of fused-ring (bicyclic) bond motifs is 3. The molecule has 1 aromatic rings. The number of rotatable bonds is 7. The standard InChI is InChI=1S/C23H36NO2/c1-2-14-24-15-12-19(13-16-24)22(17-24)26-18-23(25,21-10-6-7-11-21)20-8-4-3-5-9-20/h3-5,8-9,19,21-22,25H,2,6-7,10-18H2,1H3/q+1/t19?,22-,23-,24?/m0/s1. The first-order valence-corrected chi connectivity index (χ1v) is 10.9. The zero-order valence-electron chi connectivity index (χ0n) is 16.4. The number of piperidine rings is 3. The third-order valence-corrected chi connectivity index (χ3v) is 7.56. The van der Waals surface area contributed by atoms with E-state index in [1.54, 1.807) is 0 Å². The Hall–Kier alpha value is -0.900. The minimum atomic E-state index is -0.820. The largest absolute Gasteiger partial charge is 0.382 e. The van der Waals surface area contributed by atoms with E-state index in [1.807, 2.05) is 18.2 Å². The maximum Gasteiger partial charge on any atom is 0.116 e. The summed E-state index contributed by atoms with van der Waals surface area (Å²) in [5.74, 6) is 1.04. The Kier molecular flexibility index (Phi) is 5.41. The van der Waals surface area contributed by atoms with E-state index in [2.05, 4.69) is 19.1 Å². The molecule has 1 N–H and O–H groups in total. The van der Waals surface area contributed by atoms with Gasteiger partial charge >= 0.3 is 0 Å². The average Bonchev–Trinajstić information content (AvgIpc) is 3.23. The van der Waals surface area contributed by atoms with E-state index in [1.165, 1.54) is 56.2 Å². The van der Waals surface area contributed by atoms with Crippen molar-refractivity contribution in [1.82, 2.24) is 0 Å². The lowest BCUT2D eigenvalue weighted by molar-refractivity contribution is -0.946. The minimum absolute atomic E-state index is 0.334. The summed E-state index contributed by atoms with van der Waals surface area (Å²) < 4.78 is 7.81. The van der Waals surface area contributed by atoms with Crippen LogP contribution >= 0.6 is 0 Å². The molecule has 1 aliphatic carbocycles. The first-order valence-electron chi connectivity index (χ1n) is 10.9. The molecule has 2 atom stereocenters. The smallest absolute Gasteiger partial charge is 0.116 e. The number of hydrogen-bond acceptors (Lipinski definition) is 2. The highest BCUT2D eigenvalue weighted by Gasteiger charge is 2.47. The Morgan fingerprint density at radius 2 is 1.77 bits per heavy atom. The van der Waals surface area contributed by atoms with Crippen LogP contribution in [0.1, 0.15) is 57.4 Å². The van der Waals surface area contributed by atoms with Gasteiger partial charge in [0.15, 0.2) is 0 Å². The molecular formula is C23H36NO2+. The number of benzene rings is 1. The normalized spacial score (nSPS) is 34.1. The SMILES string of the molecule is CCC[N+]12CCC(CC1)[C@@H](OC[C@](O)(c1ccccc1)C1CCCC1)C2. The van der Waals surface area contributed by atoms with Gasteiger partial charge in [-0.1, -0.05) is 50.1 Å². The molecule has 4 fully saturated rings. The van der Waals surface area contributed by atoms with Gasteiger partial charge in [-0.15, -0.1) is 0 Å². The van der Waals surface area contributed by atoms with Gasteiger partial charge in [-0.25, -0.2) is 0 Å². The molecule has 3 heterocycles. The zero-order valence-corrected chi connectivity index (χ0v) is 16.4. The number of ether oxygens (including phenoxy) is 1. The molecule has 144 valence electrons. The van der Waals surface area contributed by atoms with Crippen molar-refractivity contribution in [3.63, 3.8) is 0 Å². The van der Waals surface area contributed by atoms with E-state index in [4.69, 9.17) is 4.74 Å². The van der Waals surface area contributed by atoms with Gasteiger partial charge in [0.25, 0.3) is 0 Å². The minimum Gasteiger partial charge on any atom is -0.382 e. The van der Waals surface area contributed by atoms with Gasteiger partial charge in [-0.05, 0) is 30.7 Å². The fraction of sp³-hybridized carbons (Fsp3) is 0.739. The van der Waals surface area contributed by atoms with E-state index in [-0.39, 0.29) is 0 Å². The number of aliphatic hydroxyl groups is 1. The summed E-state index contributed by atoms with van der Waals surface area (Å²) in [4.78, 5) is 0. The van der Waals surface area contributed by atoms with Gasteiger partial charge in [0.1, 0.15) is 18.2 Å². The molecule has 3 aliphatic heterocycles. The molecular weight excluding hydrogens is 322 g/mol. The lowest BCUT2D eigenvalue weighted by Crippen LogP contribution is -2.64. The van der Waals surface area contributed by atoms with Crippen molar-refractivity contribution < 1.29 is 14.3 Å². The van der Waals surface area contributed by atoms with Crippen molar-refractivity contribution in [3.8, 4) is 0 Å². The summed E-state index contributed by atoms with van der Waals surface area (Å²) >= 11 is 0. The van der Waals surface area contributed by atoms with Crippen LogP contribution in [0.5, 0.6) is 0 Å². The molecule has 0 radical (unpaired) electrons. The highest BCUT2D eigenvalue weighted by atomic mass is 16.5. The number of quaternary nitrogens is 1. The second-order valence-corrected chi connectivity index (χ2v) is 9.15. The number of hydrogen-bond donors (Lipinski definition) is 1. The summed E-state index contributed by atoms with van der Waals surface area (Å²) in [6, 6.07) is 10.3. The van der Waals surface area contributed by atoms with Gasteiger partial charge in [0, 0.05) is 18.8 Å². The van der Waals surface area contributed by atoms with Crippen LogP contribution in [0.2, 0.25) is 0 Å². The second kappa shape index (κ2) is 7.61. The van der Waals surface area contributed by atoms with E-state index < -0.39 is 5.60 Å². The Bertz CT molecular complexity index is 570. The maximum absolute atomic E-state index is 11.7. The molecule has 0 unspecified atom stereocenters. The van der Waals surface area contributed by atoms with Crippen molar-refractivity contribution in [2.45, 2.75) is 63.6 Å². The van der Waals surface area contributed by atoms with Crippen molar-refractivity contribution >= 4 is 0 Å². The average molecular weight is 359 g/mol. The highest BCUT2D eigenvalue weighted by Crippen LogP contribution is 2.42. The first-order chi connectivity index (χ1) is 12.7. The third kappa shape index (κ3) is 3.46. The Labute approximate surface area is 158 Å². The molecule has 2 bridgehead atoms. The van der Waals surface area contributed by atoms with E-state index in [9.17, 15) is 5.11 Å². The molecule has 4 aliphatic rings. The monoisotopic (exact) mass is 358 g/mol. The number of nitrogens with zero attached hydrogens (tertiary/aromatic N) is 1. The van der Waals surface area contributed by atoms with Crippen LogP contribution in [0.3, 0.4) is 0 Å². The van der Waals surface area contributed by atoms with E-state index in [0.29, 0.717) is 24.5 Å². The summed E-state index contributed by atoms with van der Waals surface area (Å²) in [7, 11) is 0. The van der Waals surface area contributed by atoms with Crippen LogP contribution in [0.4, 0.5) is 0 Å². The molecule has 26 heavy (non-hydrogen) atoms. The molecule has 0 amide bonds. The van der Waals surface area contributed by atoms with Crippen molar-refractivity contribution in [1.29, 1.82) is 0 Å². The van der Waals surface area contributed by atoms with Crippen LogP contribution in [0, 0.1) is 11.8 Å². The van der Waals surface area contributed by atoms with Crippen molar-refractivity contribution in [2.75, 3.05) is 32.8 Å². The van der Waals surface area contributed by atoms with Crippen LogP contribution in [-0.2, 0) is 10.3 Å². The van der Waals surface area contributed by atoms with Crippen LogP contribution < -0.4 is 0 Å². The fourth-order valence-corrected chi connectivity index (χ4v) is 6.00. The molecule has 3 saturated heterocycles. The summed E-state index contributed by atoms with van der Waals surface area (Å²) in [6.07, 6.45) is 8.92. The topological polar surface area (TPSA) is 29.5 Å². The molecule has 1 aromatic carbocycles. The quantitative estimate of drug-likeness (QED) is 0.744. The van der Waals surface area contributed by atoms with Crippen molar-refractivity contribution in [2.24, 2.45) is 11.8 Å². The highest BCUT2D eigenvalue weighted by molar-refractivity contribution is 5.24. The summed E-state index contributed by atoms with van der Waals surface area (Å²) in [6.45, 7) is 7.90. The summed E-state index contributed by atoms with van der Waals surface area (Å²) in [5, 5.41) is 11.7. The van der Waals surface area contributed by atoms with E-state index >= 15 is 0 Å². The molecule has 3 heteroatoms. The van der Waals surface area contributed by atoms with Crippen LogP contribution in [0.15, 0.2) is 30.3 Å². The maximum atomic E-state index is 11.7. The Morgan fingerprint density at radius 1 is 1.08 bits per heavy atom. The molecule has 1 saturated carbocycles. The first kappa shape index (κ1) is 18.5. The van der Waals surface area contributed by atoms with Crippen LogP contribution in [-0.4, -0.2) is 48.5 Å². The Morgan fingerprint density at radius 3 is 2.42 bits per heavy atom. The second-order valence-electron chi connectivity index (χ2n) is 9.15. The van der Waals surface area contributed by atoms with E-state index in [0.717, 1.165) is 24.9 Å². The van der Waals surface area contributed by atoms with Gasteiger partial charge in [0.2, 0.25) is 0 Å². The third-order valence-electron chi connectivity index (χ3n) is 7.56. The Balaban J connectivity index is 1.48. The van der Waals surface area contributed by atoms with Crippen LogP contribution in [0.25, 0.3) is 0 Å². The van der Waals surface area contributed by atoms with Gasteiger partial charge in [-0.2, -0.15) is 0 Å². The van der Waals surface area contributed by atoms with Gasteiger partial charge in [0.05, 0.1) is 26.2 Å². The fourth-order valence-electron chi connectivity index (χ4n) is 6.00. The van der Waals surface area contributed by atoms with Gasteiger partial charge < -0.3 is 14.3 Å². The molecule has 0 aromatic heterocycles.